The molecule has 1 N–H and O–H groups in total. The quantitative estimate of drug-likeness (QED) is 0.663. The van der Waals surface area contributed by atoms with Gasteiger partial charge in [0.1, 0.15) is 5.75 Å². The molecule has 0 amide bonds. The zero-order valence-corrected chi connectivity index (χ0v) is 14.9. The molecule has 6 atom stereocenters. The van der Waals surface area contributed by atoms with Crippen LogP contribution in [0, 0.1) is 35.5 Å². The van der Waals surface area contributed by atoms with Crippen LogP contribution < -0.4 is 0 Å². The average molecular weight is 310 g/mol. The van der Waals surface area contributed by atoms with Crippen LogP contribution in [-0.2, 0) is 6.42 Å². The Morgan fingerprint density at radius 1 is 1.13 bits per heavy atom. The van der Waals surface area contributed by atoms with Gasteiger partial charge in [-0.25, -0.2) is 0 Å². The molecule has 0 bridgehead atoms. The Bertz CT molecular complexity index is 677. The first-order valence-electron chi connectivity index (χ1n) is 9.79. The summed E-state index contributed by atoms with van der Waals surface area (Å²) >= 11 is 0. The highest BCUT2D eigenvalue weighted by Gasteiger charge is 2.69. The summed E-state index contributed by atoms with van der Waals surface area (Å²) in [6, 6.07) is 4.38. The Balaban J connectivity index is 1.53. The van der Waals surface area contributed by atoms with E-state index in [4.69, 9.17) is 0 Å². The molecule has 0 heterocycles. The number of benzene rings is 1. The van der Waals surface area contributed by atoms with E-state index in [0.717, 1.165) is 29.2 Å². The Morgan fingerprint density at radius 3 is 2.65 bits per heavy atom. The molecule has 4 aliphatic rings. The number of hydrogen-bond donors (Lipinski definition) is 1. The summed E-state index contributed by atoms with van der Waals surface area (Å²) in [5.41, 5.74) is 5.43. The molecule has 23 heavy (non-hydrogen) atoms. The molecule has 1 nitrogen and oxygen atoms in total. The Hall–Kier alpha value is -0.980. The minimum atomic E-state index is 0.495. The van der Waals surface area contributed by atoms with Gasteiger partial charge in [-0.15, -0.1) is 0 Å². The van der Waals surface area contributed by atoms with Gasteiger partial charge in [-0.1, -0.05) is 19.9 Å². The Labute approximate surface area is 140 Å². The van der Waals surface area contributed by atoms with Crippen LogP contribution in [0.3, 0.4) is 0 Å². The molecule has 124 valence electrons. The van der Waals surface area contributed by atoms with Crippen molar-refractivity contribution in [3.05, 3.63) is 28.8 Å². The van der Waals surface area contributed by atoms with Crippen LogP contribution in [-0.4, -0.2) is 5.11 Å². The maximum Gasteiger partial charge on any atom is 0.118 e. The van der Waals surface area contributed by atoms with E-state index in [9.17, 15) is 5.11 Å². The van der Waals surface area contributed by atoms with E-state index < -0.39 is 0 Å². The Kier molecular flexibility index (Phi) is 2.72. The second kappa shape index (κ2) is 4.35. The Morgan fingerprint density at radius 2 is 1.91 bits per heavy atom. The largest absolute Gasteiger partial charge is 0.508 e. The molecule has 1 aromatic rings. The minimum absolute atomic E-state index is 0.495. The summed E-state index contributed by atoms with van der Waals surface area (Å²) in [6.07, 6.45) is 9.83. The van der Waals surface area contributed by atoms with Gasteiger partial charge in [0.05, 0.1) is 0 Å². The monoisotopic (exact) mass is 310 g/mol. The van der Waals surface area contributed by atoms with Crippen molar-refractivity contribution < 1.29 is 5.11 Å². The van der Waals surface area contributed by atoms with Gasteiger partial charge in [-0.3, -0.25) is 0 Å². The summed E-state index contributed by atoms with van der Waals surface area (Å²) < 4.78 is 0. The van der Waals surface area contributed by atoms with E-state index in [-0.39, 0.29) is 0 Å². The van der Waals surface area contributed by atoms with Gasteiger partial charge in [0, 0.05) is 0 Å². The first-order chi connectivity index (χ1) is 11.0. The minimum Gasteiger partial charge on any atom is -0.508 e. The SMILES string of the molecule is Cc1cc2c(cc1O)CCC1C2CC[C@@]2(C)C1CCC21CC1C. The van der Waals surface area contributed by atoms with Gasteiger partial charge >= 0.3 is 0 Å². The fourth-order valence-corrected chi connectivity index (χ4v) is 7.52. The van der Waals surface area contributed by atoms with Gasteiger partial charge in [0.2, 0.25) is 0 Å². The van der Waals surface area contributed by atoms with Crippen molar-refractivity contribution >= 4 is 0 Å². The molecule has 5 unspecified atom stereocenters. The first-order valence-corrected chi connectivity index (χ1v) is 9.79. The van der Waals surface area contributed by atoms with Crippen LogP contribution in [0.1, 0.15) is 75.0 Å². The lowest BCUT2D eigenvalue weighted by Gasteiger charge is -2.51. The zero-order valence-electron chi connectivity index (χ0n) is 14.9. The van der Waals surface area contributed by atoms with Crippen LogP contribution in [0.5, 0.6) is 5.75 Å². The van der Waals surface area contributed by atoms with Crippen molar-refractivity contribution in [2.75, 3.05) is 0 Å². The van der Waals surface area contributed by atoms with Gasteiger partial charge in [0.15, 0.2) is 0 Å². The third-order valence-electron chi connectivity index (χ3n) is 8.92. The second-order valence-corrected chi connectivity index (χ2v) is 9.51. The molecule has 0 saturated heterocycles. The molecule has 0 radical (unpaired) electrons. The van der Waals surface area contributed by atoms with Gasteiger partial charge < -0.3 is 5.11 Å². The second-order valence-electron chi connectivity index (χ2n) is 9.51. The number of fused-ring (bicyclic) bond motifs is 6. The van der Waals surface area contributed by atoms with Crippen molar-refractivity contribution in [3.8, 4) is 5.75 Å². The third-order valence-corrected chi connectivity index (χ3v) is 8.92. The van der Waals surface area contributed by atoms with Crippen LogP contribution in [0.2, 0.25) is 0 Å². The third kappa shape index (κ3) is 1.64. The summed E-state index contributed by atoms with van der Waals surface area (Å²) in [5.74, 6) is 4.09. The molecule has 5 rings (SSSR count). The van der Waals surface area contributed by atoms with E-state index in [0.29, 0.717) is 16.6 Å². The van der Waals surface area contributed by atoms with E-state index >= 15 is 0 Å². The lowest BCUT2D eigenvalue weighted by Crippen LogP contribution is -2.43. The molecule has 1 spiro atoms. The van der Waals surface area contributed by atoms with Gasteiger partial charge in [-0.2, -0.15) is 0 Å². The molecule has 3 fully saturated rings. The van der Waals surface area contributed by atoms with Gasteiger partial charge in [-0.05, 0) is 109 Å². The predicted molar refractivity (Wildman–Crippen MR) is 93.7 cm³/mol. The average Bonchev–Trinajstić information content (AvgIpc) is 3.09. The van der Waals surface area contributed by atoms with Crippen LogP contribution >= 0.6 is 0 Å². The van der Waals surface area contributed by atoms with Crippen LogP contribution in [0.15, 0.2) is 12.1 Å². The van der Waals surface area contributed by atoms with Crippen molar-refractivity contribution in [1.29, 1.82) is 0 Å². The highest BCUT2D eigenvalue weighted by atomic mass is 16.3. The molecule has 0 aromatic heterocycles. The number of aryl methyl sites for hydroxylation is 2. The molecule has 1 heteroatoms. The van der Waals surface area contributed by atoms with E-state index in [2.05, 4.69) is 32.9 Å². The van der Waals surface area contributed by atoms with Crippen molar-refractivity contribution in [3.63, 3.8) is 0 Å². The maximum atomic E-state index is 10.1. The fraction of sp³-hybridized carbons (Fsp3) is 0.727. The molecule has 0 aliphatic heterocycles. The number of hydrogen-bond acceptors (Lipinski definition) is 1. The molecule has 1 aromatic carbocycles. The normalized spacial score (nSPS) is 47.1. The number of phenols is 1. The van der Waals surface area contributed by atoms with Crippen molar-refractivity contribution in [2.24, 2.45) is 28.6 Å². The summed E-state index contributed by atoms with van der Waals surface area (Å²) in [5, 5.41) is 10.1. The molecule has 4 aliphatic carbocycles. The number of aromatic hydroxyl groups is 1. The predicted octanol–water partition coefficient (Wildman–Crippen LogP) is 5.58. The van der Waals surface area contributed by atoms with Crippen molar-refractivity contribution in [2.45, 2.75) is 71.6 Å². The topological polar surface area (TPSA) is 20.2 Å². The van der Waals surface area contributed by atoms with E-state index in [1.165, 1.54) is 50.5 Å². The zero-order chi connectivity index (χ0) is 16.0. The molecular weight excluding hydrogens is 280 g/mol. The number of phenolic OH excluding ortho intramolecular Hbond substituents is 1. The lowest BCUT2D eigenvalue weighted by atomic mass is 9.53. The smallest absolute Gasteiger partial charge is 0.118 e. The summed E-state index contributed by atoms with van der Waals surface area (Å²) in [4.78, 5) is 0. The van der Waals surface area contributed by atoms with E-state index in [1.54, 1.807) is 5.56 Å². The summed E-state index contributed by atoms with van der Waals surface area (Å²) in [6.45, 7) is 7.21. The lowest BCUT2D eigenvalue weighted by molar-refractivity contribution is 0.0136. The number of rotatable bonds is 0. The van der Waals surface area contributed by atoms with Crippen LogP contribution in [0.25, 0.3) is 0 Å². The maximum absolute atomic E-state index is 10.1. The van der Waals surface area contributed by atoms with Crippen molar-refractivity contribution in [1.82, 2.24) is 0 Å². The molecule has 3 saturated carbocycles. The van der Waals surface area contributed by atoms with E-state index in [1.807, 2.05) is 0 Å². The fourth-order valence-electron chi connectivity index (χ4n) is 7.52. The van der Waals surface area contributed by atoms with Gasteiger partial charge in [0.25, 0.3) is 0 Å². The molecular formula is C22H30O. The highest BCUT2D eigenvalue weighted by Crippen LogP contribution is 2.78. The standard InChI is InChI=1S/C22H30O/c1-13-10-18-15(11-20(13)23)4-5-17-16(18)6-8-21(3)19(17)7-9-22(21)12-14(22)2/h10-11,14,16-17,19,23H,4-9,12H2,1-3H3/t14?,16?,17?,19?,21-,22?/m0/s1. The van der Waals surface area contributed by atoms with Crippen LogP contribution in [0.4, 0.5) is 0 Å². The highest BCUT2D eigenvalue weighted by molar-refractivity contribution is 5.45. The first kappa shape index (κ1) is 14.4. The summed E-state index contributed by atoms with van der Waals surface area (Å²) in [7, 11) is 0.